The molecule has 0 saturated carbocycles. The molecule has 0 aliphatic carbocycles. The Kier molecular flexibility index (Phi) is 3.08. The summed E-state index contributed by atoms with van der Waals surface area (Å²) >= 11 is 0. The summed E-state index contributed by atoms with van der Waals surface area (Å²) in [5.41, 5.74) is 3.78. The number of carbonyl (C=O) groups is 1. The van der Waals surface area contributed by atoms with Gasteiger partial charge in [0.1, 0.15) is 0 Å². The number of aromatic nitrogens is 2. The van der Waals surface area contributed by atoms with Crippen LogP contribution in [0.1, 0.15) is 35.1 Å². The van der Waals surface area contributed by atoms with Crippen LogP contribution in [0.2, 0.25) is 0 Å². The van der Waals surface area contributed by atoms with E-state index in [9.17, 15) is 4.79 Å². The van der Waals surface area contributed by atoms with Gasteiger partial charge in [0, 0.05) is 24.5 Å². The number of benzene rings is 1. The van der Waals surface area contributed by atoms with Crippen molar-refractivity contribution < 1.29 is 4.79 Å². The Morgan fingerprint density at radius 3 is 2.80 bits per heavy atom. The summed E-state index contributed by atoms with van der Waals surface area (Å²) in [6.07, 6.45) is 2.02. The van der Waals surface area contributed by atoms with Crippen molar-refractivity contribution in [3.05, 3.63) is 47.3 Å². The summed E-state index contributed by atoms with van der Waals surface area (Å²) in [7, 11) is 1.86. The van der Waals surface area contributed by atoms with Crippen molar-refractivity contribution in [1.82, 2.24) is 9.78 Å². The van der Waals surface area contributed by atoms with Crippen molar-refractivity contribution in [3.63, 3.8) is 0 Å². The SMILES string of the molecule is Cc1cc(C(=O)N2c3ccccc3CCC2C)nn1C. The molecule has 2 aromatic rings. The highest BCUT2D eigenvalue weighted by Crippen LogP contribution is 2.31. The van der Waals surface area contributed by atoms with Crippen LogP contribution in [0.25, 0.3) is 0 Å². The van der Waals surface area contributed by atoms with Crippen molar-refractivity contribution >= 4 is 11.6 Å². The van der Waals surface area contributed by atoms with Crippen molar-refractivity contribution in [2.24, 2.45) is 7.05 Å². The van der Waals surface area contributed by atoms with Crippen LogP contribution in [-0.4, -0.2) is 21.7 Å². The first-order chi connectivity index (χ1) is 9.58. The minimum atomic E-state index is -0.00616. The van der Waals surface area contributed by atoms with Gasteiger partial charge in [-0.05, 0) is 44.4 Å². The molecule has 20 heavy (non-hydrogen) atoms. The zero-order valence-electron chi connectivity index (χ0n) is 12.1. The van der Waals surface area contributed by atoms with E-state index < -0.39 is 0 Å². The zero-order valence-corrected chi connectivity index (χ0v) is 12.1. The summed E-state index contributed by atoms with van der Waals surface area (Å²) in [5.74, 6) is -0.00616. The molecule has 1 amide bonds. The molecule has 1 atom stereocenters. The Morgan fingerprint density at radius 1 is 1.35 bits per heavy atom. The minimum Gasteiger partial charge on any atom is -0.304 e. The van der Waals surface area contributed by atoms with Crippen LogP contribution < -0.4 is 4.90 Å². The summed E-state index contributed by atoms with van der Waals surface area (Å²) in [5, 5.41) is 4.32. The Morgan fingerprint density at radius 2 is 2.10 bits per heavy atom. The van der Waals surface area contributed by atoms with E-state index in [1.807, 2.05) is 43.1 Å². The molecule has 0 radical (unpaired) electrons. The van der Waals surface area contributed by atoms with Crippen LogP contribution in [0.3, 0.4) is 0 Å². The van der Waals surface area contributed by atoms with Crippen molar-refractivity contribution in [1.29, 1.82) is 0 Å². The van der Waals surface area contributed by atoms with Crippen molar-refractivity contribution in [2.45, 2.75) is 32.7 Å². The van der Waals surface area contributed by atoms with Gasteiger partial charge in [0.2, 0.25) is 0 Å². The number of fused-ring (bicyclic) bond motifs is 1. The molecule has 1 unspecified atom stereocenters. The van der Waals surface area contributed by atoms with Gasteiger partial charge in [0.25, 0.3) is 5.91 Å². The number of hydrogen-bond donors (Lipinski definition) is 0. The first-order valence-electron chi connectivity index (χ1n) is 7.00. The van der Waals surface area contributed by atoms with E-state index in [0.717, 1.165) is 24.2 Å². The number of rotatable bonds is 1. The molecular formula is C16H19N3O. The van der Waals surface area contributed by atoms with Crippen molar-refractivity contribution in [2.75, 3.05) is 4.90 Å². The van der Waals surface area contributed by atoms with Gasteiger partial charge in [-0.15, -0.1) is 0 Å². The van der Waals surface area contributed by atoms with E-state index in [4.69, 9.17) is 0 Å². The highest BCUT2D eigenvalue weighted by molar-refractivity contribution is 6.06. The maximum Gasteiger partial charge on any atom is 0.279 e. The number of para-hydroxylation sites is 1. The third kappa shape index (κ3) is 2.01. The lowest BCUT2D eigenvalue weighted by Gasteiger charge is -2.34. The molecule has 0 N–H and O–H groups in total. The van der Waals surface area contributed by atoms with Crippen LogP contribution in [0.15, 0.2) is 30.3 Å². The monoisotopic (exact) mass is 269 g/mol. The average molecular weight is 269 g/mol. The van der Waals surface area contributed by atoms with E-state index >= 15 is 0 Å². The fourth-order valence-corrected chi connectivity index (χ4v) is 2.79. The fourth-order valence-electron chi connectivity index (χ4n) is 2.79. The molecule has 1 aromatic heterocycles. The molecule has 1 aliphatic heterocycles. The van der Waals surface area contributed by atoms with E-state index in [1.54, 1.807) is 4.68 Å². The molecule has 3 rings (SSSR count). The van der Waals surface area contributed by atoms with Crippen LogP contribution in [-0.2, 0) is 13.5 Å². The molecule has 0 saturated heterocycles. The molecule has 0 spiro atoms. The second-order valence-electron chi connectivity index (χ2n) is 5.49. The van der Waals surface area contributed by atoms with Crippen LogP contribution in [0.4, 0.5) is 5.69 Å². The topological polar surface area (TPSA) is 38.1 Å². The van der Waals surface area contributed by atoms with Gasteiger partial charge in [-0.25, -0.2) is 0 Å². The summed E-state index contributed by atoms with van der Waals surface area (Å²) < 4.78 is 1.74. The molecule has 104 valence electrons. The largest absolute Gasteiger partial charge is 0.304 e. The normalized spacial score (nSPS) is 17.9. The first kappa shape index (κ1) is 12.9. The third-order valence-electron chi connectivity index (χ3n) is 4.08. The van der Waals surface area contributed by atoms with Gasteiger partial charge in [-0.2, -0.15) is 5.10 Å². The smallest absolute Gasteiger partial charge is 0.279 e. The molecular weight excluding hydrogens is 250 g/mol. The highest BCUT2D eigenvalue weighted by Gasteiger charge is 2.30. The van der Waals surface area contributed by atoms with Gasteiger partial charge < -0.3 is 4.90 Å². The molecule has 2 heterocycles. The first-order valence-corrected chi connectivity index (χ1v) is 7.00. The highest BCUT2D eigenvalue weighted by atomic mass is 16.2. The van der Waals surface area contributed by atoms with Gasteiger partial charge in [-0.1, -0.05) is 18.2 Å². The van der Waals surface area contributed by atoms with E-state index in [2.05, 4.69) is 18.1 Å². The Bertz CT molecular complexity index is 640. The number of hydrogen-bond acceptors (Lipinski definition) is 2. The Balaban J connectivity index is 2.02. The van der Waals surface area contributed by atoms with Crippen LogP contribution in [0, 0.1) is 6.92 Å². The van der Waals surface area contributed by atoms with Crippen molar-refractivity contribution in [3.8, 4) is 0 Å². The Labute approximate surface area is 119 Å². The zero-order chi connectivity index (χ0) is 14.3. The molecule has 1 aliphatic rings. The number of aryl methyl sites for hydroxylation is 3. The van der Waals surface area contributed by atoms with E-state index in [1.165, 1.54) is 5.56 Å². The number of nitrogens with zero attached hydrogens (tertiary/aromatic N) is 3. The van der Waals surface area contributed by atoms with Gasteiger partial charge in [0.15, 0.2) is 5.69 Å². The lowest BCUT2D eigenvalue weighted by Crippen LogP contribution is -2.42. The molecule has 4 nitrogen and oxygen atoms in total. The van der Waals surface area contributed by atoms with Gasteiger partial charge in [-0.3, -0.25) is 9.48 Å². The predicted octanol–water partition coefficient (Wildman–Crippen LogP) is 2.71. The van der Waals surface area contributed by atoms with Gasteiger partial charge in [0.05, 0.1) is 0 Å². The second kappa shape index (κ2) is 4.78. The second-order valence-corrected chi connectivity index (χ2v) is 5.49. The number of anilines is 1. The average Bonchev–Trinajstić information content (AvgIpc) is 2.78. The number of amides is 1. The molecule has 1 aromatic carbocycles. The lowest BCUT2D eigenvalue weighted by molar-refractivity contribution is 0.0969. The lowest BCUT2D eigenvalue weighted by atomic mass is 9.96. The molecule has 0 bridgehead atoms. The minimum absolute atomic E-state index is 0.00616. The van der Waals surface area contributed by atoms with E-state index in [0.29, 0.717) is 5.69 Å². The Hall–Kier alpha value is -2.10. The standard InChI is InChI=1S/C16H19N3O/c1-11-8-9-13-6-4-5-7-15(13)19(11)16(20)14-10-12(2)18(3)17-14/h4-7,10-11H,8-9H2,1-3H3. The third-order valence-corrected chi connectivity index (χ3v) is 4.08. The summed E-state index contributed by atoms with van der Waals surface area (Å²) in [4.78, 5) is 14.7. The maximum absolute atomic E-state index is 12.8. The van der Waals surface area contributed by atoms with Crippen LogP contribution >= 0.6 is 0 Å². The maximum atomic E-state index is 12.8. The number of carbonyl (C=O) groups excluding carboxylic acids is 1. The molecule has 4 heteroatoms. The van der Waals surface area contributed by atoms with Gasteiger partial charge >= 0.3 is 0 Å². The molecule has 0 fully saturated rings. The predicted molar refractivity (Wildman–Crippen MR) is 79.0 cm³/mol. The van der Waals surface area contributed by atoms with Crippen LogP contribution in [0.5, 0.6) is 0 Å². The summed E-state index contributed by atoms with van der Waals surface area (Å²) in [6.45, 7) is 4.06. The quantitative estimate of drug-likeness (QED) is 0.798. The van der Waals surface area contributed by atoms with E-state index in [-0.39, 0.29) is 11.9 Å². The summed E-state index contributed by atoms with van der Waals surface area (Å²) in [6, 6.07) is 10.2. The fraction of sp³-hybridized carbons (Fsp3) is 0.375.